The van der Waals surface area contributed by atoms with Crippen LogP contribution in [0.1, 0.15) is 12.5 Å². The summed E-state index contributed by atoms with van der Waals surface area (Å²) in [5, 5.41) is 8.96. The first-order valence-corrected chi connectivity index (χ1v) is 8.39. The molecule has 0 bridgehead atoms. The Hall–Kier alpha value is -2.11. The highest BCUT2D eigenvalue weighted by molar-refractivity contribution is 9.10. The molecule has 0 atom stereocenters. The van der Waals surface area contributed by atoms with Crippen molar-refractivity contribution in [3.8, 4) is 17.6 Å². The molecule has 22 heavy (non-hydrogen) atoms. The van der Waals surface area contributed by atoms with Gasteiger partial charge < -0.3 is 8.92 Å². The molecule has 0 saturated heterocycles. The quantitative estimate of drug-likeness (QED) is 0.738. The van der Waals surface area contributed by atoms with Gasteiger partial charge in [0.25, 0.3) is 0 Å². The Morgan fingerprint density at radius 2 is 2.18 bits per heavy atom. The van der Waals surface area contributed by atoms with Crippen molar-refractivity contribution in [2.45, 2.75) is 11.8 Å². The zero-order valence-corrected chi connectivity index (χ0v) is 13.9. The molecule has 114 valence electrons. The van der Waals surface area contributed by atoms with E-state index in [0.29, 0.717) is 16.6 Å². The largest absolute Gasteiger partial charge is 0.490 e. The number of ether oxygens (including phenoxy) is 1. The third-order valence-corrected chi connectivity index (χ3v) is 4.35. The summed E-state index contributed by atoms with van der Waals surface area (Å²) >= 11 is 3.20. The van der Waals surface area contributed by atoms with Gasteiger partial charge in [-0.05, 0) is 41.1 Å². The van der Waals surface area contributed by atoms with Crippen molar-refractivity contribution in [3.63, 3.8) is 0 Å². The molecule has 8 heteroatoms. The number of nitrogens with zero attached hydrogens (tertiary/aromatic N) is 2. The molecule has 0 unspecified atom stereocenters. The Labute approximate surface area is 136 Å². The Morgan fingerprint density at radius 3 is 2.77 bits per heavy atom. The molecule has 0 aliphatic carbocycles. The number of aromatic nitrogens is 1. The van der Waals surface area contributed by atoms with E-state index in [1.54, 1.807) is 6.92 Å². The highest BCUT2D eigenvalue weighted by Crippen LogP contribution is 2.38. The summed E-state index contributed by atoms with van der Waals surface area (Å²) in [5.41, 5.74) is 0.321. The SMILES string of the molecule is CCOc1cc(C#N)cc(Br)c1OS(=O)(=O)c1cccnc1. The van der Waals surface area contributed by atoms with Gasteiger partial charge in [-0.25, -0.2) is 0 Å². The van der Waals surface area contributed by atoms with Crippen molar-refractivity contribution in [1.82, 2.24) is 4.98 Å². The number of pyridine rings is 1. The van der Waals surface area contributed by atoms with Crippen LogP contribution in [-0.4, -0.2) is 20.0 Å². The topological polar surface area (TPSA) is 89.3 Å². The summed E-state index contributed by atoms with van der Waals surface area (Å²) < 4.78 is 35.3. The summed E-state index contributed by atoms with van der Waals surface area (Å²) in [5.74, 6) is 0.158. The molecule has 0 N–H and O–H groups in total. The zero-order chi connectivity index (χ0) is 16.2. The second-order valence-corrected chi connectivity index (χ2v) is 6.46. The van der Waals surface area contributed by atoms with Crippen molar-refractivity contribution in [2.24, 2.45) is 0 Å². The maximum absolute atomic E-state index is 12.3. The first-order chi connectivity index (χ1) is 10.5. The first kappa shape index (κ1) is 16.3. The van der Waals surface area contributed by atoms with E-state index in [-0.39, 0.29) is 16.4 Å². The monoisotopic (exact) mass is 382 g/mol. The van der Waals surface area contributed by atoms with Crippen molar-refractivity contribution in [1.29, 1.82) is 5.26 Å². The van der Waals surface area contributed by atoms with Crippen LogP contribution in [0.5, 0.6) is 11.5 Å². The van der Waals surface area contributed by atoms with Crippen LogP contribution in [-0.2, 0) is 10.1 Å². The average molecular weight is 383 g/mol. The van der Waals surface area contributed by atoms with Crippen LogP contribution in [0, 0.1) is 11.3 Å². The molecule has 2 aromatic rings. The maximum Gasteiger partial charge on any atom is 0.340 e. The fraction of sp³-hybridized carbons (Fsp3) is 0.143. The van der Waals surface area contributed by atoms with Gasteiger partial charge in [-0.15, -0.1) is 0 Å². The van der Waals surface area contributed by atoms with Crippen molar-refractivity contribution >= 4 is 26.0 Å². The second kappa shape index (κ2) is 6.77. The summed E-state index contributed by atoms with van der Waals surface area (Å²) in [6, 6.07) is 7.71. The molecule has 2 rings (SSSR count). The normalized spacial score (nSPS) is 10.8. The van der Waals surface area contributed by atoms with E-state index in [4.69, 9.17) is 14.2 Å². The lowest BCUT2D eigenvalue weighted by Gasteiger charge is -2.13. The summed E-state index contributed by atoms with van der Waals surface area (Å²) in [7, 11) is -4.05. The van der Waals surface area contributed by atoms with Crippen molar-refractivity contribution < 1.29 is 17.3 Å². The average Bonchev–Trinajstić information content (AvgIpc) is 2.51. The number of hydrogen-bond donors (Lipinski definition) is 0. The van der Waals surface area contributed by atoms with Crippen LogP contribution in [0.3, 0.4) is 0 Å². The Balaban J connectivity index is 2.47. The molecule has 0 spiro atoms. The van der Waals surface area contributed by atoms with E-state index >= 15 is 0 Å². The van der Waals surface area contributed by atoms with Gasteiger partial charge in [-0.2, -0.15) is 13.7 Å². The number of nitriles is 1. The lowest BCUT2D eigenvalue weighted by atomic mass is 10.2. The minimum Gasteiger partial charge on any atom is -0.490 e. The first-order valence-electron chi connectivity index (χ1n) is 6.19. The number of hydrogen-bond acceptors (Lipinski definition) is 6. The van der Waals surface area contributed by atoms with Gasteiger partial charge in [0.1, 0.15) is 4.90 Å². The van der Waals surface area contributed by atoms with Crippen LogP contribution >= 0.6 is 15.9 Å². The number of halogens is 1. The predicted octanol–water partition coefficient (Wildman–Crippen LogP) is 2.88. The molecule has 0 amide bonds. The molecule has 0 saturated carbocycles. The molecule has 0 aliphatic rings. The fourth-order valence-electron chi connectivity index (χ4n) is 1.63. The van der Waals surface area contributed by atoms with E-state index in [1.165, 1.54) is 36.7 Å². The lowest BCUT2D eigenvalue weighted by Crippen LogP contribution is -2.11. The van der Waals surface area contributed by atoms with E-state index in [0.717, 1.165) is 0 Å². The number of rotatable bonds is 5. The molecule has 1 heterocycles. The summed E-state index contributed by atoms with van der Waals surface area (Å²) in [4.78, 5) is 3.68. The maximum atomic E-state index is 12.3. The van der Waals surface area contributed by atoms with E-state index in [1.807, 2.05) is 6.07 Å². The third kappa shape index (κ3) is 3.55. The van der Waals surface area contributed by atoms with Gasteiger partial charge in [-0.3, -0.25) is 4.98 Å². The van der Waals surface area contributed by atoms with E-state index in [2.05, 4.69) is 20.9 Å². The number of benzene rings is 1. The van der Waals surface area contributed by atoms with Crippen LogP contribution in [0.15, 0.2) is 46.0 Å². The highest BCUT2D eigenvalue weighted by Gasteiger charge is 2.22. The van der Waals surface area contributed by atoms with Crippen LogP contribution in [0.2, 0.25) is 0 Å². The molecule has 0 aliphatic heterocycles. The van der Waals surface area contributed by atoms with Gasteiger partial charge in [0, 0.05) is 18.5 Å². The molecule has 6 nitrogen and oxygen atoms in total. The predicted molar refractivity (Wildman–Crippen MR) is 82.1 cm³/mol. The third-order valence-electron chi connectivity index (χ3n) is 2.55. The van der Waals surface area contributed by atoms with E-state index in [9.17, 15) is 8.42 Å². The Kier molecular flexibility index (Phi) is 5.00. The van der Waals surface area contributed by atoms with Crippen molar-refractivity contribution in [2.75, 3.05) is 6.61 Å². The smallest absolute Gasteiger partial charge is 0.340 e. The van der Waals surface area contributed by atoms with Gasteiger partial charge in [-0.1, -0.05) is 0 Å². The van der Waals surface area contributed by atoms with Crippen LogP contribution in [0.4, 0.5) is 0 Å². The lowest BCUT2D eigenvalue weighted by molar-refractivity contribution is 0.327. The highest BCUT2D eigenvalue weighted by atomic mass is 79.9. The molecule has 0 fully saturated rings. The minimum absolute atomic E-state index is 0.00953. The fourth-order valence-corrected chi connectivity index (χ4v) is 3.18. The van der Waals surface area contributed by atoms with Gasteiger partial charge in [0.2, 0.25) is 0 Å². The Bertz CT molecular complexity index is 817. The van der Waals surface area contributed by atoms with Gasteiger partial charge >= 0.3 is 10.1 Å². The van der Waals surface area contributed by atoms with Gasteiger partial charge in [0.05, 0.1) is 22.7 Å². The molecular weight excluding hydrogens is 372 g/mol. The molecule has 0 radical (unpaired) electrons. The molecule has 1 aromatic carbocycles. The summed E-state index contributed by atoms with van der Waals surface area (Å²) in [6.07, 6.45) is 2.65. The second-order valence-electron chi connectivity index (χ2n) is 4.06. The molecular formula is C14H11BrN2O4S. The summed E-state index contributed by atoms with van der Waals surface area (Å²) in [6.45, 7) is 2.04. The molecule has 1 aromatic heterocycles. The van der Waals surface area contributed by atoms with Crippen LogP contribution in [0.25, 0.3) is 0 Å². The Morgan fingerprint density at radius 1 is 1.41 bits per heavy atom. The van der Waals surface area contributed by atoms with E-state index < -0.39 is 10.1 Å². The van der Waals surface area contributed by atoms with Crippen molar-refractivity contribution in [3.05, 3.63) is 46.7 Å². The van der Waals surface area contributed by atoms with Crippen LogP contribution < -0.4 is 8.92 Å². The zero-order valence-electron chi connectivity index (χ0n) is 11.5. The van der Waals surface area contributed by atoms with Gasteiger partial charge in [0.15, 0.2) is 11.5 Å². The standard InChI is InChI=1S/C14H11BrN2O4S/c1-2-20-13-7-10(8-16)6-12(15)14(13)21-22(18,19)11-4-3-5-17-9-11/h3-7,9H,2H2,1H3. The minimum atomic E-state index is -4.05.